The van der Waals surface area contributed by atoms with Crippen molar-refractivity contribution in [2.75, 3.05) is 38.8 Å². The molecule has 0 amide bonds. The summed E-state index contributed by atoms with van der Waals surface area (Å²) in [6.07, 6.45) is 0. The fourth-order valence-electron chi connectivity index (χ4n) is 2.44. The number of hydrogen-bond acceptors (Lipinski definition) is 5. The molecule has 5 nitrogen and oxygen atoms in total. The maximum absolute atomic E-state index is 9.55. The minimum Gasteiger partial charge on any atom is -0.497 e. The summed E-state index contributed by atoms with van der Waals surface area (Å²) < 4.78 is 10.7. The van der Waals surface area contributed by atoms with Crippen LogP contribution < -0.4 is 19.7 Å². The summed E-state index contributed by atoms with van der Waals surface area (Å²) in [6.45, 7) is 3.83. The fraction of sp³-hybridized carbons (Fsp3) is 0.571. The first-order valence-corrected chi connectivity index (χ1v) is 6.52. The van der Waals surface area contributed by atoms with Crippen LogP contribution in [-0.2, 0) is 0 Å². The second-order valence-corrected chi connectivity index (χ2v) is 4.84. The van der Waals surface area contributed by atoms with Crippen molar-refractivity contribution >= 4 is 5.69 Å². The summed E-state index contributed by atoms with van der Waals surface area (Å²) in [5.74, 6) is 1.59. The number of anilines is 1. The zero-order valence-electron chi connectivity index (χ0n) is 11.7. The van der Waals surface area contributed by atoms with E-state index in [1.807, 2.05) is 18.2 Å². The van der Waals surface area contributed by atoms with Crippen LogP contribution in [0, 0.1) is 0 Å². The van der Waals surface area contributed by atoms with E-state index in [9.17, 15) is 5.11 Å². The van der Waals surface area contributed by atoms with Crippen LogP contribution in [0.1, 0.15) is 6.92 Å². The fourth-order valence-corrected chi connectivity index (χ4v) is 2.44. The van der Waals surface area contributed by atoms with Crippen LogP contribution in [0.4, 0.5) is 5.69 Å². The highest BCUT2D eigenvalue weighted by Crippen LogP contribution is 2.34. The molecule has 0 bridgehead atoms. The summed E-state index contributed by atoms with van der Waals surface area (Å²) in [5, 5.41) is 12.9. The molecule has 2 N–H and O–H groups in total. The van der Waals surface area contributed by atoms with Crippen molar-refractivity contribution in [3.8, 4) is 11.5 Å². The minimum absolute atomic E-state index is 0.0530. The average Bonchev–Trinajstić information content (AvgIpc) is 2.46. The van der Waals surface area contributed by atoms with Crippen molar-refractivity contribution in [3.63, 3.8) is 0 Å². The Kier molecular flexibility index (Phi) is 4.50. The van der Waals surface area contributed by atoms with Crippen LogP contribution in [0.3, 0.4) is 0 Å². The quantitative estimate of drug-likeness (QED) is 0.846. The van der Waals surface area contributed by atoms with Gasteiger partial charge in [0.25, 0.3) is 0 Å². The highest BCUT2D eigenvalue weighted by atomic mass is 16.5. The number of nitrogens with one attached hydrogen (secondary N) is 1. The van der Waals surface area contributed by atoms with E-state index >= 15 is 0 Å². The van der Waals surface area contributed by atoms with E-state index in [4.69, 9.17) is 9.47 Å². The lowest BCUT2D eigenvalue weighted by atomic mass is 10.1. The lowest BCUT2D eigenvalue weighted by molar-refractivity contribution is 0.236. The summed E-state index contributed by atoms with van der Waals surface area (Å²) in [7, 11) is 3.31. The van der Waals surface area contributed by atoms with Gasteiger partial charge < -0.3 is 24.8 Å². The van der Waals surface area contributed by atoms with Gasteiger partial charge in [-0.25, -0.2) is 0 Å². The van der Waals surface area contributed by atoms with Crippen LogP contribution in [-0.4, -0.2) is 51.1 Å². The Morgan fingerprint density at radius 3 is 2.79 bits per heavy atom. The van der Waals surface area contributed by atoms with Crippen molar-refractivity contribution in [1.82, 2.24) is 5.32 Å². The molecule has 2 unspecified atom stereocenters. The van der Waals surface area contributed by atoms with E-state index in [1.165, 1.54) is 0 Å². The Balaban J connectivity index is 2.36. The van der Waals surface area contributed by atoms with Gasteiger partial charge in [0.2, 0.25) is 0 Å². The van der Waals surface area contributed by atoms with E-state index in [-0.39, 0.29) is 12.6 Å². The van der Waals surface area contributed by atoms with Crippen LogP contribution in [0.15, 0.2) is 18.2 Å². The first-order valence-electron chi connectivity index (χ1n) is 6.52. The van der Waals surface area contributed by atoms with Crippen LogP contribution >= 0.6 is 0 Å². The van der Waals surface area contributed by atoms with Crippen LogP contribution in [0.25, 0.3) is 0 Å². The first-order chi connectivity index (χ1) is 9.19. The number of rotatable bonds is 4. The number of hydrogen-bond donors (Lipinski definition) is 2. The third kappa shape index (κ3) is 2.93. The standard InChI is InChI=1S/C14H22N2O3/c1-10-8-16(11(9-17)7-15-10)13-6-12(18-2)4-5-14(13)19-3/h4-6,10-11,15,17H,7-9H2,1-3H3. The molecule has 1 aromatic rings. The number of nitrogens with zero attached hydrogens (tertiary/aromatic N) is 1. The van der Waals surface area contributed by atoms with Crippen molar-refractivity contribution < 1.29 is 14.6 Å². The van der Waals surface area contributed by atoms with Crippen molar-refractivity contribution in [2.45, 2.75) is 19.0 Å². The molecule has 19 heavy (non-hydrogen) atoms. The third-order valence-corrected chi connectivity index (χ3v) is 3.52. The van der Waals surface area contributed by atoms with Gasteiger partial charge in [0.1, 0.15) is 11.5 Å². The average molecular weight is 266 g/mol. The SMILES string of the molecule is COc1ccc(OC)c(N2CC(C)NCC2CO)c1. The Bertz CT molecular complexity index is 425. The van der Waals surface area contributed by atoms with Crippen molar-refractivity contribution in [1.29, 1.82) is 0 Å². The molecule has 1 saturated heterocycles. The molecule has 106 valence electrons. The monoisotopic (exact) mass is 266 g/mol. The first kappa shape index (κ1) is 14.0. The second kappa shape index (κ2) is 6.12. The van der Waals surface area contributed by atoms with Gasteiger partial charge in [-0.2, -0.15) is 0 Å². The Labute approximate surface area is 114 Å². The number of benzene rings is 1. The third-order valence-electron chi connectivity index (χ3n) is 3.52. The number of methoxy groups -OCH3 is 2. The number of aliphatic hydroxyl groups excluding tert-OH is 1. The lowest BCUT2D eigenvalue weighted by Crippen LogP contribution is -2.57. The molecule has 0 saturated carbocycles. The molecule has 1 fully saturated rings. The van der Waals surface area contributed by atoms with Gasteiger partial charge in [-0.3, -0.25) is 0 Å². The molecule has 0 aliphatic carbocycles. The van der Waals surface area contributed by atoms with Crippen LogP contribution in [0.2, 0.25) is 0 Å². The predicted octanol–water partition coefficient (Wildman–Crippen LogP) is 0.863. The molecule has 0 spiro atoms. The van der Waals surface area contributed by atoms with Gasteiger partial charge in [0.05, 0.1) is 32.6 Å². The van der Waals surface area contributed by atoms with Crippen molar-refractivity contribution in [2.24, 2.45) is 0 Å². The molecule has 1 heterocycles. The molecular formula is C14H22N2O3. The molecule has 0 aromatic heterocycles. The summed E-state index contributed by atoms with van der Waals surface area (Å²) >= 11 is 0. The zero-order valence-corrected chi connectivity index (χ0v) is 11.7. The second-order valence-electron chi connectivity index (χ2n) is 4.84. The minimum atomic E-state index is 0.0530. The molecule has 0 radical (unpaired) electrons. The van der Waals surface area contributed by atoms with Gasteiger partial charge in [-0.15, -0.1) is 0 Å². The zero-order chi connectivity index (χ0) is 13.8. The molecule has 1 aliphatic heterocycles. The highest BCUT2D eigenvalue weighted by molar-refractivity contribution is 5.62. The predicted molar refractivity (Wildman–Crippen MR) is 75.2 cm³/mol. The molecular weight excluding hydrogens is 244 g/mol. The summed E-state index contributed by atoms with van der Waals surface area (Å²) in [6, 6.07) is 6.16. The maximum atomic E-state index is 9.55. The van der Waals surface area contributed by atoms with E-state index in [0.29, 0.717) is 6.04 Å². The Morgan fingerprint density at radius 2 is 2.16 bits per heavy atom. The highest BCUT2D eigenvalue weighted by Gasteiger charge is 2.27. The van der Waals surface area contributed by atoms with Gasteiger partial charge in [-0.1, -0.05) is 0 Å². The normalized spacial score (nSPS) is 23.3. The summed E-state index contributed by atoms with van der Waals surface area (Å²) in [5.41, 5.74) is 0.967. The Morgan fingerprint density at radius 1 is 1.37 bits per heavy atom. The molecule has 1 aliphatic rings. The van der Waals surface area contributed by atoms with E-state index < -0.39 is 0 Å². The van der Waals surface area contributed by atoms with E-state index in [2.05, 4.69) is 17.1 Å². The van der Waals surface area contributed by atoms with Gasteiger partial charge in [0, 0.05) is 25.2 Å². The largest absolute Gasteiger partial charge is 0.497 e. The van der Waals surface area contributed by atoms with Gasteiger partial charge in [-0.05, 0) is 19.1 Å². The number of piperazine rings is 1. The lowest BCUT2D eigenvalue weighted by Gasteiger charge is -2.40. The number of ether oxygens (including phenoxy) is 2. The maximum Gasteiger partial charge on any atom is 0.142 e. The van der Waals surface area contributed by atoms with Gasteiger partial charge in [0.15, 0.2) is 0 Å². The molecule has 2 rings (SSSR count). The van der Waals surface area contributed by atoms with Crippen molar-refractivity contribution in [3.05, 3.63) is 18.2 Å². The van der Waals surface area contributed by atoms with E-state index in [0.717, 1.165) is 30.3 Å². The number of aliphatic hydroxyl groups is 1. The summed E-state index contributed by atoms with van der Waals surface area (Å²) in [4.78, 5) is 2.18. The molecule has 1 aromatic carbocycles. The molecule has 2 atom stereocenters. The van der Waals surface area contributed by atoms with Crippen LogP contribution in [0.5, 0.6) is 11.5 Å². The topological polar surface area (TPSA) is 54.0 Å². The Hall–Kier alpha value is -1.46. The van der Waals surface area contributed by atoms with Gasteiger partial charge >= 0.3 is 0 Å². The molecule has 5 heteroatoms. The van der Waals surface area contributed by atoms with E-state index in [1.54, 1.807) is 14.2 Å². The smallest absolute Gasteiger partial charge is 0.142 e.